The summed E-state index contributed by atoms with van der Waals surface area (Å²) in [6, 6.07) is 14.8. The lowest BCUT2D eigenvalue weighted by Crippen LogP contribution is -2.44. The summed E-state index contributed by atoms with van der Waals surface area (Å²) in [5.74, 6) is 2.91. The molecule has 1 aliphatic rings. The van der Waals surface area contributed by atoms with Gasteiger partial charge in [0.1, 0.15) is 19.0 Å². The number of likely N-dealkylation sites (N-methyl/N-ethyl adjacent to an activating group) is 1. The Kier molecular flexibility index (Phi) is 7.61. The molecule has 2 heterocycles. The third-order valence-electron chi connectivity index (χ3n) is 5.17. The molecule has 0 radical (unpaired) electrons. The number of aromatic nitrogens is 3. The number of hydrogen-bond acceptors (Lipinski definition) is 7. The highest BCUT2D eigenvalue weighted by atomic mass is 35.5. The van der Waals surface area contributed by atoms with Gasteiger partial charge in [-0.1, -0.05) is 47.6 Å². The summed E-state index contributed by atoms with van der Waals surface area (Å²) >= 11 is 7.47. The minimum absolute atomic E-state index is 0.00169. The molecule has 8 nitrogen and oxygen atoms in total. The molecule has 0 bridgehead atoms. The predicted octanol–water partition coefficient (Wildman–Crippen LogP) is 3.83. The van der Waals surface area contributed by atoms with Crippen LogP contribution in [0.2, 0.25) is 5.02 Å². The molecule has 2 aromatic carbocycles. The van der Waals surface area contributed by atoms with Crippen molar-refractivity contribution >= 4 is 29.3 Å². The Bertz CT molecular complexity index is 1110. The van der Waals surface area contributed by atoms with Crippen molar-refractivity contribution in [3.05, 3.63) is 59.4 Å². The zero-order valence-electron chi connectivity index (χ0n) is 18.4. The van der Waals surface area contributed by atoms with E-state index in [0.717, 1.165) is 5.75 Å². The first kappa shape index (κ1) is 23.3. The number of carbonyl (C=O) groups excluding carboxylic acids is 1. The summed E-state index contributed by atoms with van der Waals surface area (Å²) in [7, 11) is 1.85. The molecule has 0 aliphatic carbocycles. The molecule has 1 aliphatic heterocycles. The van der Waals surface area contributed by atoms with Crippen molar-refractivity contribution in [2.45, 2.75) is 24.8 Å². The molecule has 3 aromatic rings. The second-order valence-corrected chi connectivity index (χ2v) is 8.75. The molecule has 0 fully saturated rings. The zero-order valence-corrected chi connectivity index (χ0v) is 20.0. The van der Waals surface area contributed by atoms with Crippen molar-refractivity contribution in [1.82, 2.24) is 19.7 Å². The third kappa shape index (κ3) is 5.72. The van der Waals surface area contributed by atoms with E-state index in [9.17, 15) is 4.79 Å². The molecule has 4 rings (SSSR count). The van der Waals surface area contributed by atoms with E-state index in [1.807, 2.05) is 54.9 Å². The first-order chi connectivity index (χ1) is 16.0. The third-order valence-corrected chi connectivity index (χ3v) is 6.49. The lowest BCUT2D eigenvalue weighted by atomic mass is 10.2. The SMILES string of the molecule is CCN(C[C@@H]1COc2ccccc2O1)C(=O)CSc1nnc(COc2ccccc2Cl)n1C. The van der Waals surface area contributed by atoms with Gasteiger partial charge in [-0.3, -0.25) is 4.79 Å². The number of benzene rings is 2. The van der Waals surface area contributed by atoms with E-state index in [4.69, 9.17) is 25.8 Å². The normalized spacial score (nSPS) is 14.7. The molecule has 0 saturated carbocycles. The highest BCUT2D eigenvalue weighted by Gasteiger charge is 2.25. The van der Waals surface area contributed by atoms with Gasteiger partial charge in [-0.25, -0.2) is 0 Å². The smallest absolute Gasteiger partial charge is 0.233 e. The number of ether oxygens (including phenoxy) is 3. The Hall–Kier alpha value is -2.91. The lowest BCUT2D eigenvalue weighted by Gasteiger charge is -2.30. The van der Waals surface area contributed by atoms with E-state index >= 15 is 0 Å². The standard InChI is InChI=1S/C23H25ClN4O4S/c1-3-28(12-16-13-30-19-10-6-7-11-20(19)32-16)22(29)15-33-23-26-25-21(27(23)2)14-31-18-9-5-4-8-17(18)24/h4-11,16H,3,12-15H2,1-2H3/t16-/m1/s1. The topological polar surface area (TPSA) is 78.7 Å². The van der Waals surface area contributed by atoms with Crippen molar-refractivity contribution in [3.63, 3.8) is 0 Å². The maximum absolute atomic E-state index is 12.8. The fourth-order valence-electron chi connectivity index (χ4n) is 3.32. The van der Waals surface area contributed by atoms with Gasteiger partial charge >= 0.3 is 0 Å². The van der Waals surface area contributed by atoms with Gasteiger partial charge in [-0.15, -0.1) is 10.2 Å². The largest absolute Gasteiger partial charge is 0.486 e. The Morgan fingerprint density at radius 2 is 1.97 bits per heavy atom. The molecule has 174 valence electrons. The molecular formula is C23H25ClN4O4S. The molecule has 1 atom stereocenters. The van der Waals surface area contributed by atoms with Crippen LogP contribution >= 0.6 is 23.4 Å². The Balaban J connectivity index is 1.29. The zero-order chi connectivity index (χ0) is 23.2. The van der Waals surface area contributed by atoms with E-state index in [2.05, 4.69) is 10.2 Å². The highest BCUT2D eigenvalue weighted by Crippen LogP contribution is 2.31. The quantitative estimate of drug-likeness (QED) is 0.423. The van der Waals surface area contributed by atoms with Gasteiger partial charge in [-0.2, -0.15) is 0 Å². The number of hydrogen-bond donors (Lipinski definition) is 0. The van der Waals surface area contributed by atoms with E-state index in [-0.39, 0.29) is 24.4 Å². The maximum atomic E-state index is 12.8. The molecule has 1 amide bonds. The Morgan fingerprint density at radius 3 is 2.76 bits per heavy atom. The van der Waals surface area contributed by atoms with Crippen LogP contribution in [-0.2, 0) is 18.4 Å². The van der Waals surface area contributed by atoms with Crippen LogP contribution in [0.15, 0.2) is 53.7 Å². The number of carbonyl (C=O) groups is 1. The van der Waals surface area contributed by atoms with E-state index in [1.165, 1.54) is 11.8 Å². The average Bonchev–Trinajstić information content (AvgIpc) is 3.19. The molecule has 0 N–H and O–H groups in total. The van der Waals surface area contributed by atoms with Gasteiger partial charge in [-0.05, 0) is 31.2 Å². The van der Waals surface area contributed by atoms with E-state index < -0.39 is 0 Å². The Labute approximate surface area is 201 Å². The summed E-state index contributed by atoms with van der Waals surface area (Å²) in [5.41, 5.74) is 0. The first-order valence-corrected chi connectivity index (χ1v) is 12.0. The van der Waals surface area contributed by atoms with Crippen LogP contribution in [0.5, 0.6) is 17.2 Å². The number of amides is 1. The molecular weight excluding hydrogens is 464 g/mol. The Morgan fingerprint density at radius 1 is 1.21 bits per heavy atom. The predicted molar refractivity (Wildman–Crippen MR) is 126 cm³/mol. The van der Waals surface area contributed by atoms with E-state index in [0.29, 0.717) is 47.2 Å². The lowest BCUT2D eigenvalue weighted by molar-refractivity contribution is -0.129. The van der Waals surface area contributed by atoms with Crippen LogP contribution in [0, 0.1) is 0 Å². The van der Waals surface area contributed by atoms with Crippen LogP contribution in [0.3, 0.4) is 0 Å². The maximum Gasteiger partial charge on any atom is 0.233 e. The summed E-state index contributed by atoms with van der Waals surface area (Å²) < 4.78 is 19.3. The fraction of sp³-hybridized carbons (Fsp3) is 0.348. The first-order valence-electron chi connectivity index (χ1n) is 10.6. The number of nitrogens with zero attached hydrogens (tertiary/aromatic N) is 4. The molecule has 10 heteroatoms. The summed E-state index contributed by atoms with van der Waals surface area (Å²) in [4.78, 5) is 14.6. The van der Waals surface area contributed by atoms with Crippen LogP contribution in [0.25, 0.3) is 0 Å². The number of thioether (sulfide) groups is 1. The number of para-hydroxylation sites is 3. The minimum atomic E-state index is -0.211. The molecule has 1 aromatic heterocycles. The number of fused-ring (bicyclic) bond motifs is 1. The van der Waals surface area contributed by atoms with Gasteiger partial charge in [0.25, 0.3) is 0 Å². The van der Waals surface area contributed by atoms with Gasteiger partial charge in [0.05, 0.1) is 17.3 Å². The van der Waals surface area contributed by atoms with Crippen molar-refractivity contribution < 1.29 is 19.0 Å². The molecule has 0 spiro atoms. The fourth-order valence-corrected chi connectivity index (χ4v) is 4.35. The monoisotopic (exact) mass is 488 g/mol. The molecule has 0 saturated heterocycles. The van der Waals surface area contributed by atoms with Crippen molar-refractivity contribution in [2.75, 3.05) is 25.4 Å². The minimum Gasteiger partial charge on any atom is -0.486 e. The highest BCUT2D eigenvalue weighted by molar-refractivity contribution is 7.99. The van der Waals surface area contributed by atoms with Crippen LogP contribution in [0.4, 0.5) is 0 Å². The van der Waals surface area contributed by atoms with Crippen LogP contribution in [-0.4, -0.2) is 57.1 Å². The van der Waals surface area contributed by atoms with Gasteiger partial charge in [0.15, 0.2) is 28.6 Å². The second-order valence-electron chi connectivity index (χ2n) is 7.40. The summed E-state index contributed by atoms with van der Waals surface area (Å²) in [6.45, 7) is 3.62. The van der Waals surface area contributed by atoms with Gasteiger partial charge < -0.3 is 23.7 Å². The second kappa shape index (κ2) is 10.8. The molecule has 0 unspecified atom stereocenters. The number of halogens is 1. The van der Waals surface area contributed by atoms with Gasteiger partial charge in [0.2, 0.25) is 5.91 Å². The summed E-state index contributed by atoms with van der Waals surface area (Å²) in [6.07, 6.45) is -0.211. The average molecular weight is 489 g/mol. The summed E-state index contributed by atoms with van der Waals surface area (Å²) in [5, 5.41) is 9.56. The van der Waals surface area contributed by atoms with Crippen molar-refractivity contribution in [3.8, 4) is 17.2 Å². The van der Waals surface area contributed by atoms with Crippen LogP contribution in [0.1, 0.15) is 12.7 Å². The molecule has 33 heavy (non-hydrogen) atoms. The van der Waals surface area contributed by atoms with Crippen LogP contribution < -0.4 is 14.2 Å². The van der Waals surface area contributed by atoms with Crippen molar-refractivity contribution in [2.24, 2.45) is 7.05 Å². The van der Waals surface area contributed by atoms with Crippen molar-refractivity contribution in [1.29, 1.82) is 0 Å². The number of rotatable bonds is 9. The van der Waals surface area contributed by atoms with E-state index in [1.54, 1.807) is 17.0 Å². The van der Waals surface area contributed by atoms with Gasteiger partial charge in [0, 0.05) is 13.6 Å².